The molecule has 7 heteroatoms. The lowest BCUT2D eigenvalue weighted by Crippen LogP contribution is -2.20. The number of aliphatic hydroxyl groups is 2. The van der Waals surface area contributed by atoms with Crippen molar-refractivity contribution >= 4 is 29.5 Å². The molecule has 102 valence electrons. The van der Waals surface area contributed by atoms with Gasteiger partial charge >= 0.3 is 5.97 Å². The molecule has 0 saturated carbocycles. The van der Waals surface area contributed by atoms with E-state index in [1.54, 1.807) is 18.2 Å². The molecule has 0 amide bonds. The van der Waals surface area contributed by atoms with Gasteiger partial charge in [0.2, 0.25) is 0 Å². The molecule has 0 aliphatic carbocycles. The van der Waals surface area contributed by atoms with Crippen LogP contribution in [0.15, 0.2) is 18.2 Å². The van der Waals surface area contributed by atoms with Crippen molar-refractivity contribution in [3.8, 4) is 0 Å². The molecule has 0 spiro atoms. The summed E-state index contributed by atoms with van der Waals surface area (Å²) in [7, 11) is 1.30. The van der Waals surface area contributed by atoms with Gasteiger partial charge in [-0.3, -0.25) is 5.10 Å². The lowest BCUT2D eigenvalue weighted by molar-refractivity contribution is 0.0319. The zero-order valence-corrected chi connectivity index (χ0v) is 11.1. The van der Waals surface area contributed by atoms with E-state index in [0.29, 0.717) is 22.2 Å². The van der Waals surface area contributed by atoms with Crippen LogP contribution in [0.4, 0.5) is 0 Å². The van der Waals surface area contributed by atoms with Gasteiger partial charge in [0.15, 0.2) is 0 Å². The fourth-order valence-electron chi connectivity index (χ4n) is 1.80. The molecule has 1 aromatic carbocycles. The molecule has 2 unspecified atom stereocenters. The summed E-state index contributed by atoms with van der Waals surface area (Å²) in [5.41, 5.74) is 1.29. The number of methoxy groups -OCH3 is 1. The van der Waals surface area contributed by atoms with Crippen LogP contribution in [0.1, 0.15) is 22.2 Å². The molecule has 0 aliphatic heterocycles. The second kappa shape index (κ2) is 5.60. The number of rotatable bonds is 4. The van der Waals surface area contributed by atoms with Crippen molar-refractivity contribution in [2.75, 3.05) is 12.9 Å². The fourth-order valence-corrected chi connectivity index (χ4v) is 1.99. The molecular weight excluding hydrogens is 268 g/mol. The van der Waals surface area contributed by atoms with Crippen LogP contribution >= 0.6 is 12.6 Å². The van der Waals surface area contributed by atoms with Gasteiger partial charge in [0.05, 0.1) is 30.0 Å². The highest BCUT2D eigenvalue weighted by molar-refractivity contribution is 7.80. The van der Waals surface area contributed by atoms with E-state index in [1.165, 1.54) is 7.11 Å². The zero-order chi connectivity index (χ0) is 14.0. The van der Waals surface area contributed by atoms with E-state index in [1.807, 2.05) is 0 Å². The predicted octanol–water partition coefficient (Wildman–Crippen LogP) is 0.674. The third kappa shape index (κ3) is 2.58. The summed E-state index contributed by atoms with van der Waals surface area (Å²) in [5.74, 6) is -0.329. The van der Waals surface area contributed by atoms with Gasteiger partial charge in [-0.25, -0.2) is 4.79 Å². The van der Waals surface area contributed by atoms with Crippen molar-refractivity contribution in [3.63, 3.8) is 0 Å². The Bertz CT molecular complexity index is 598. The molecule has 3 N–H and O–H groups in total. The minimum atomic E-state index is -1.11. The first-order valence-corrected chi connectivity index (χ1v) is 6.25. The average molecular weight is 282 g/mol. The van der Waals surface area contributed by atoms with Gasteiger partial charge in [-0.05, 0) is 18.2 Å². The highest BCUT2D eigenvalue weighted by atomic mass is 32.1. The third-order valence-electron chi connectivity index (χ3n) is 2.85. The topological polar surface area (TPSA) is 95.4 Å². The van der Waals surface area contributed by atoms with Crippen LogP contribution in [0.3, 0.4) is 0 Å². The number of hydrogen-bond donors (Lipinski definition) is 4. The fraction of sp³-hybridized carbons (Fsp3) is 0.333. The van der Waals surface area contributed by atoms with Gasteiger partial charge in [0.1, 0.15) is 6.10 Å². The number of aromatic amines is 1. The summed E-state index contributed by atoms with van der Waals surface area (Å²) in [6, 6.07) is 4.78. The van der Waals surface area contributed by atoms with Crippen LogP contribution in [-0.4, -0.2) is 45.3 Å². The quantitative estimate of drug-likeness (QED) is 0.488. The van der Waals surface area contributed by atoms with Gasteiger partial charge in [0, 0.05) is 11.1 Å². The molecule has 1 heterocycles. The number of carbonyl (C=O) groups excluding carboxylic acids is 1. The van der Waals surface area contributed by atoms with Crippen LogP contribution in [0, 0.1) is 0 Å². The second-order valence-electron chi connectivity index (χ2n) is 4.06. The molecule has 0 radical (unpaired) electrons. The van der Waals surface area contributed by atoms with Gasteiger partial charge in [-0.15, -0.1) is 0 Å². The number of esters is 1. The Kier molecular flexibility index (Phi) is 4.08. The number of aromatic nitrogens is 2. The number of ether oxygens (including phenoxy) is 1. The summed E-state index contributed by atoms with van der Waals surface area (Å²) >= 11 is 3.93. The molecule has 2 aromatic rings. The molecule has 6 nitrogen and oxygen atoms in total. The first kappa shape index (κ1) is 13.9. The third-order valence-corrected chi connectivity index (χ3v) is 3.23. The minimum absolute atomic E-state index is 0.127. The maximum atomic E-state index is 11.4. The van der Waals surface area contributed by atoms with Crippen molar-refractivity contribution in [1.82, 2.24) is 10.2 Å². The van der Waals surface area contributed by atoms with Gasteiger partial charge in [-0.2, -0.15) is 17.7 Å². The maximum Gasteiger partial charge on any atom is 0.337 e. The van der Waals surface area contributed by atoms with E-state index < -0.39 is 18.2 Å². The van der Waals surface area contributed by atoms with Crippen molar-refractivity contribution in [2.24, 2.45) is 0 Å². The number of carbonyl (C=O) groups is 1. The average Bonchev–Trinajstić information content (AvgIpc) is 2.87. The van der Waals surface area contributed by atoms with E-state index in [2.05, 4.69) is 27.6 Å². The summed E-state index contributed by atoms with van der Waals surface area (Å²) in [5, 5.41) is 26.8. The van der Waals surface area contributed by atoms with Crippen molar-refractivity contribution in [3.05, 3.63) is 29.5 Å². The van der Waals surface area contributed by atoms with Crippen LogP contribution < -0.4 is 0 Å². The van der Waals surface area contributed by atoms with Crippen LogP contribution in [0.2, 0.25) is 0 Å². The Hall–Kier alpha value is -1.57. The van der Waals surface area contributed by atoms with Gasteiger partial charge < -0.3 is 14.9 Å². The van der Waals surface area contributed by atoms with Gasteiger partial charge in [-0.1, -0.05) is 0 Å². The summed E-state index contributed by atoms with van der Waals surface area (Å²) in [6.07, 6.45) is -2.10. The number of aliphatic hydroxyl groups excluding tert-OH is 2. The van der Waals surface area contributed by atoms with Crippen molar-refractivity contribution in [1.29, 1.82) is 0 Å². The predicted molar refractivity (Wildman–Crippen MR) is 72.3 cm³/mol. The molecule has 0 fully saturated rings. The molecule has 2 rings (SSSR count). The molecule has 0 bridgehead atoms. The van der Waals surface area contributed by atoms with E-state index in [0.717, 1.165) is 0 Å². The second-order valence-corrected chi connectivity index (χ2v) is 4.42. The Morgan fingerprint density at radius 2 is 2.26 bits per heavy atom. The molecular formula is C12H14N2O4S. The SMILES string of the molecule is COC(=O)c1ccc2c(C(O)C(O)CS)[nH]nc2c1. The molecule has 0 saturated heterocycles. The standard InChI is InChI=1S/C12H14N2O4S/c1-18-12(17)6-2-3-7-8(4-6)13-14-10(7)11(16)9(15)5-19/h2-4,9,11,15-16,19H,5H2,1H3,(H,13,14). The summed E-state index contributed by atoms with van der Waals surface area (Å²) in [6.45, 7) is 0. The monoisotopic (exact) mass is 282 g/mol. The summed E-state index contributed by atoms with van der Waals surface area (Å²) < 4.78 is 4.62. The highest BCUT2D eigenvalue weighted by Crippen LogP contribution is 2.25. The Labute approximate surface area is 114 Å². The van der Waals surface area contributed by atoms with Crippen LogP contribution in [-0.2, 0) is 4.74 Å². The largest absolute Gasteiger partial charge is 0.465 e. The zero-order valence-electron chi connectivity index (χ0n) is 10.2. The van der Waals surface area contributed by atoms with Crippen LogP contribution in [0.25, 0.3) is 10.9 Å². The molecule has 19 heavy (non-hydrogen) atoms. The van der Waals surface area contributed by atoms with Crippen LogP contribution in [0.5, 0.6) is 0 Å². The minimum Gasteiger partial charge on any atom is -0.465 e. The number of nitrogens with one attached hydrogen (secondary N) is 1. The maximum absolute atomic E-state index is 11.4. The Morgan fingerprint density at radius 3 is 2.89 bits per heavy atom. The van der Waals surface area contributed by atoms with E-state index in [-0.39, 0.29) is 5.75 Å². The van der Waals surface area contributed by atoms with E-state index in [4.69, 9.17) is 0 Å². The number of hydrogen-bond acceptors (Lipinski definition) is 6. The summed E-state index contributed by atoms with van der Waals surface area (Å²) in [4.78, 5) is 11.4. The molecule has 0 aliphatic rings. The lowest BCUT2D eigenvalue weighted by atomic mass is 10.1. The Morgan fingerprint density at radius 1 is 1.53 bits per heavy atom. The number of nitrogens with zero attached hydrogens (tertiary/aromatic N) is 1. The Balaban J connectivity index is 2.42. The van der Waals surface area contributed by atoms with Crippen molar-refractivity contribution < 1.29 is 19.7 Å². The number of fused-ring (bicyclic) bond motifs is 1. The number of benzene rings is 1. The smallest absolute Gasteiger partial charge is 0.337 e. The highest BCUT2D eigenvalue weighted by Gasteiger charge is 2.21. The number of thiol groups is 1. The lowest BCUT2D eigenvalue weighted by Gasteiger charge is -2.14. The molecule has 2 atom stereocenters. The van der Waals surface area contributed by atoms with E-state index >= 15 is 0 Å². The van der Waals surface area contributed by atoms with Gasteiger partial charge in [0.25, 0.3) is 0 Å². The normalized spacial score (nSPS) is 14.3. The number of H-pyrrole nitrogens is 1. The first-order chi connectivity index (χ1) is 9.08. The first-order valence-electron chi connectivity index (χ1n) is 5.61. The van der Waals surface area contributed by atoms with E-state index in [9.17, 15) is 15.0 Å². The van der Waals surface area contributed by atoms with Crippen molar-refractivity contribution in [2.45, 2.75) is 12.2 Å². The molecule has 1 aromatic heterocycles.